The molecule has 3 heteroatoms. The SMILES string of the molecule is CC(=O)[C@H](C)C(=O)SC(C)(C)C. The van der Waals surface area contributed by atoms with E-state index >= 15 is 0 Å². The molecule has 2 nitrogen and oxygen atoms in total. The number of rotatable bonds is 2. The molecular formula is C9H16O2S. The van der Waals surface area contributed by atoms with Gasteiger partial charge in [0, 0.05) is 4.75 Å². The van der Waals surface area contributed by atoms with E-state index in [4.69, 9.17) is 0 Å². The summed E-state index contributed by atoms with van der Waals surface area (Å²) in [5.74, 6) is -0.522. The lowest BCUT2D eigenvalue weighted by atomic mass is 10.1. The molecule has 0 aliphatic carbocycles. The van der Waals surface area contributed by atoms with Crippen LogP contribution in [0.15, 0.2) is 0 Å². The topological polar surface area (TPSA) is 34.1 Å². The molecule has 0 aliphatic heterocycles. The van der Waals surface area contributed by atoms with Gasteiger partial charge in [-0.1, -0.05) is 32.5 Å². The van der Waals surface area contributed by atoms with Gasteiger partial charge in [-0.3, -0.25) is 9.59 Å². The second-order valence-corrected chi connectivity index (χ2v) is 5.70. The van der Waals surface area contributed by atoms with Gasteiger partial charge < -0.3 is 0 Å². The Morgan fingerprint density at radius 1 is 1.25 bits per heavy atom. The van der Waals surface area contributed by atoms with Crippen molar-refractivity contribution in [2.45, 2.75) is 39.4 Å². The molecule has 0 unspecified atom stereocenters. The zero-order valence-corrected chi connectivity index (χ0v) is 9.12. The van der Waals surface area contributed by atoms with E-state index in [-0.39, 0.29) is 15.6 Å². The second kappa shape index (κ2) is 4.08. The Balaban J connectivity index is 4.15. The third-order valence-electron chi connectivity index (χ3n) is 1.37. The van der Waals surface area contributed by atoms with Crippen molar-refractivity contribution in [3.63, 3.8) is 0 Å². The molecule has 0 fully saturated rings. The maximum atomic E-state index is 11.3. The van der Waals surface area contributed by atoms with E-state index in [0.717, 1.165) is 0 Å². The molecule has 0 radical (unpaired) electrons. The van der Waals surface area contributed by atoms with Gasteiger partial charge in [-0.2, -0.15) is 0 Å². The van der Waals surface area contributed by atoms with E-state index in [1.165, 1.54) is 18.7 Å². The van der Waals surface area contributed by atoms with Crippen molar-refractivity contribution in [1.82, 2.24) is 0 Å². The largest absolute Gasteiger partial charge is 0.299 e. The highest BCUT2D eigenvalue weighted by atomic mass is 32.2. The molecule has 0 aromatic rings. The van der Waals surface area contributed by atoms with Crippen molar-refractivity contribution < 1.29 is 9.59 Å². The average Bonchev–Trinajstić information content (AvgIpc) is 1.82. The van der Waals surface area contributed by atoms with E-state index in [0.29, 0.717) is 0 Å². The van der Waals surface area contributed by atoms with Gasteiger partial charge in [0.2, 0.25) is 0 Å². The summed E-state index contributed by atoms with van der Waals surface area (Å²) in [7, 11) is 0. The highest BCUT2D eigenvalue weighted by molar-refractivity contribution is 8.14. The predicted molar refractivity (Wildman–Crippen MR) is 52.2 cm³/mol. The zero-order chi connectivity index (χ0) is 9.94. The first-order chi connectivity index (χ1) is 5.24. The Bertz CT molecular complexity index is 191. The summed E-state index contributed by atoms with van der Waals surface area (Å²) in [4.78, 5) is 22.2. The lowest BCUT2D eigenvalue weighted by molar-refractivity contribution is -0.126. The number of Topliss-reactive ketones (excluding diaryl/α,β-unsaturated/α-hetero) is 1. The molecule has 0 aromatic heterocycles. The van der Waals surface area contributed by atoms with Crippen LogP contribution in [0.4, 0.5) is 0 Å². The summed E-state index contributed by atoms with van der Waals surface area (Å²) in [5, 5.41) is -0.0324. The van der Waals surface area contributed by atoms with Crippen molar-refractivity contribution in [3.8, 4) is 0 Å². The third-order valence-corrected chi connectivity index (χ3v) is 2.54. The maximum Gasteiger partial charge on any atom is 0.199 e. The normalized spacial score (nSPS) is 14.1. The Kier molecular flexibility index (Phi) is 3.97. The molecule has 0 amide bonds. The van der Waals surface area contributed by atoms with Crippen LogP contribution in [0.5, 0.6) is 0 Å². The van der Waals surface area contributed by atoms with Crippen LogP contribution in [-0.4, -0.2) is 15.6 Å². The van der Waals surface area contributed by atoms with Gasteiger partial charge in [0.25, 0.3) is 0 Å². The van der Waals surface area contributed by atoms with Crippen LogP contribution in [0.25, 0.3) is 0 Å². The van der Waals surface area contributed by atoms with Crippen LogP contribution in [0.1, 0.15) is 34.6 Å². The molecule has 0 heterocycles. The second-order valence-electron chi connectivity index (χ2n) is 3.87. The summed E-state index contributed by atoms with van der Waals surface area (Å²) >= 11 is 1.23. The minimum Gasteiger partial charge on any atom is -0.299 e. The first-order valence-electron chi connectivity index (χ1n) is 3.97. The Labute approximate surface area is 78.1 Å². The maximum absolute atomic E-state index is 11.3. The molecular weight excluding hydrogens is 172 g/mol. The number of hydrogen-bond acceptors (Lipinski definition) is 3. The minimum absolute atomic E-state index is 0.0324. The fourth-order valence-corrected chi connectivity index (χ4v) is 1.50. The zero-order valence-electron chi connectivity index (χ0n) is 8.30. The van der Waals surface area contributed by atoms with Gasteiger partial charge in [0.15, 0.2) is 5.12 Å². The summed E-state index contributed by atoms with van der Waals surface area (Å²) in [6, 6.07) is 0. The lowest BCUT2D eigenvalue weighted by Gasteiger charge is -2.17. The quantitative estimate of drug-likeness (QED) is 0.623. The number of ketones is 1. The van der Waals surface area contributed by atoms with Gasteiger partial charge in [-0.15, -0.1) is 0 Å². The highest BCUT2D eigenvalue weighted by Gasteiger charge is 2.23. The molecule has 0 spiro atoms. The van der Waals surface area contributed by atoms with Crippen molar-refractivity contribution in [1.29, 1.82) is 0 Å². The van der Waals surface area contributed by atoms with Crippen LogP contribution in [0.2, 0.25) is 0 Å². The molecule has 0 N–H and O–H groups in total. The molecule has 1 atom stereocenters. The van der Waals surface area contributed by atoms with E-state index in [9.17, 15) is 9.59 Å². The van der Waals surface area contributed by atoms with Crippen molar-refractivity contribution in [3.05, 3.63) is 0 Å². The molecule has 0 aromatic carbocycles. The van der Waals surface area contributed by atoms with Crippen molar-refractivity contribution in [2.24, 2.45) is 5.92 Å². The van der Waals surface area contributed by atoms with Gasteiger partial charge >= 0.3 is 0 Å². The number of carbonyl (C=O) groups is 2. The van der Waals surface area contributed by atoms with Crippen LogP contribution >= 0.6 is 11.8 Å². The number of thioether (sulfide) groups is 1. The number of hydrogen-bond donors (Lipinski definition) is 0. The summed E-state index contributed by atoms with van der Waals surface area (Å²) in [6.45, 7) is 8.99. The monoisotopic (exact) mass is 188 g/mol. The van der Waals surface area contributed by atoms with E-state index < -0.39 is 5.92 Å². The smallest absolute Gasteiger partial charge is 0.199 e. The molecule has 0 aliphatic rings. The fourth-order valence-electron chi connectivity index (χ4n) is 0.556. The first-order valence-corrected chi connectivity index (χ1v) is 4.79. The van der Waals surface area contributed by atoms with Crippen molar-refractivity contribution in [2.75, 3.05) is 0 Å². The standard InChI is InChI=1S/C9H16O2S/c1-6(7(2)10)8(11)12-9(3,4)5/h6H,1-5H3/t6-/m0/s1. The molecule has 0 saturated heterocycles. The molecule has 0 saturated carbocycles. The Morgan fingerprint density at radius 2 is 1.67 bits per heavy atom. The van der Waals surface area contributed by atoms with E-state index in [2.05, 4.69) is 0 Å². The van der Waals surface area contributed by atoms with Crippen LogP contribution in [0.3, 0.4) is 0 Å². The van der Waals surface area contributed by atoms with Gasteiger partial charge in [0.05, 0.1) is 5.92 Å². The Hall–Kier alpha value is -0.310. The third kappa shape index (κ3) is 4.54. The number of carbonyl (C=O) groups excluding carboxylic acids is 2. The van der Waals surface area contributed by atoms with Crippen LogP contribution in [0, 0.1) is 5.92 Å². The molecule has 12 heavy (non-hydrogen) atoms. The molecule has 70 valence electrons. The average molecular weight is 188 g/mol. The summed E-state index contributed by atoms with van der Waals surface area (Å²) in [6.07, 6.45) is 0. The lowest BCUT2D eigenvalue weighted by Crippen LogP contribution is -2.21. The summed E-state index contributed by atoms with van der Waals surface area (Å²) in [5.41, 5.74) is 0. The Morgan fingerprint density at radius 3 is 1.92 bits per heavy atom. The van der Waals surface area contributed by atoms with Gasteiger partial charge in [-0.05, 0) is 13.8 Å². The predicted octanol–water partition coefficient (Wildman–Crippen LogP) is 2.27. The molecule has 0 rings (SSSR count). The van der Waals surface area contributed by atoms with Crippen LogP contribution < -0.4 is 0 Å². The molecule has 0 bridgehead atoms. The fraction of sp³-hybridized carbons (Fsp3) is 0.778. The summed E-state index contributed by atoms with van der Waals surface area (Å²) < 4.78 is -0.0964. The first kappa shape index (κ1) is 11.7. The van der Waals surface area contributed by atoms with E-state index in [1.807, 2.05) is 20.8 Å². The minimum atomic E-state index is -0.464. The van der Waals surface area contributed by atoms with Gasteiger partial charge in [-0.25, -0.2) is 0 Å². The van der Waals surface area contributed by atoms with Crippen LogP contribution in [-0.2, 0) is 9.59 Å². The van der Waals surface area contributed by atoms with Crippen molar-refractivity contribution >= 4 is 22.7 Å². The van der Waals surface area contributed by atoms with E-state index in [1.54, 1.807) is 6.92 Å². The van der Waals surface area contributed by atoms with Gasteiger partial charge in [0.1, 0.15) is 5.78 Å². The highest BCUT2D eigenvalue weighted by Crippen LogP contribution is 2.26.